The maximum Gasteiger partial charge on any atom is 0.222 e. The molecule has 2 fully saturated rings. The average Bonchev–Trinajstić information content (AvgIpc) is 3.27. The van der Waals surface area contributed by atoms with Gasteiger partial charge in [0.25, 0.3) is 0 Å². The van der Waals surface area contributed by atoms with Crippen molar-refractivity contribution < 1.29 is 14.3 Å². The molecule has 0 atom stereocenters. The number of likely N-dealkylation sites (tertiary alicyclic amines) is 1. The van der Waals surface area contributed by atoms with Crippen molar-refractivity contribution in [3.63, 3.8) is 0 Å². The van der Waals surface area contributed by atoms with Gasteiger partial charge in [0.2, 0.25) is 5.91 Å². The Kier molecular flexibility index (Phi) is 6.52. The lowest BCUT2D eigenvalue weighted by atomic mass is 9.90. The summed E-state index contributed by atoms with van der Waals surface area (Å²) >= 11 is 0. The number of benzene rings is 1. The predicted molar refractivity (Wildman–Crippen MR) is 116 cm³/mol. The Hall–Kier alpha value is -2.21. The van der Waals surface area contributed by atoms with Crippen LogP contribution in [0.1, 0.15) is 56.9 Å². The Balaban J connectivity index is 1.24. The monoisotopic (exact) mass is 413 g/mol. The lowest BCUT2D eigenvalue weighted by molar-refractivity contribution is -0.136. The summed E-state index contributed by atoms with van der Waals surface area (Å²) in [5, 5.41) is 11.0. The number of aliphatic hydroxyl groups is 1. The molecule has 1 amide bonds. The summed E-state index contributed by atoms with van der Waals surface area (Å²) in [5.41, 5.74) is 0.299. The standard InChI is InChI=1S/C24H32FN3O2/c25-21-8-4-3-7-20(21)22-11-14-27(18-26-22)17-24(30)12-15-28(16-13-24)23(29)10-9-19-5-1-2-6-19/h3-4,7-8,11,14,19,30H,1-2,5-6,9-10,12-13,15-18H2. The molecule has 0 radical (unpaired) electrons. The summed E-state index contributed by atoms with van der Waals surface area (Å²) < 4.78 is 13.9. The van der Waals surface area contributed by atoms with Crippen molar-refractivity contribution in [3.8, 4) is 0 Å². The molecule has 1 N–H and O–H groups in total. The van der Waals surface area contributed by atoms with E-state index in [1.807, 2.05) is 16.0 Å². The number of hydrogen-bond donors (Lipinski definition) is 1. The van der Waals surface area contributed by atoms with E-state index in [2.05, 4.69) is 4.99 Å². The van der Waals surface area contributed by atoms with E-state index in [9.17, 15) is 14.3 Å². The lowest BCUT2D eigenvalue weighted by Crippen LogP contribution is -2.51. The Labute approximate surface area is 178 Å². The van der Waals surface area contributed by atoms with Crippen LogP contribution in [0, 0.1) is 11.7 Å². The van der Waals surface area contributed by atoms with E-state index in [0.717, 1.165) is 12.3 Å². The first-order valence-corrected chi connectivity index (χ1v) is 11.2. The fourth-order valence-corrected chi connectivity index (χ4v) is 4.88. The van der Waals surface area contributed by atoms with E-state index in [1.165, 1.54) is 31.7 Å². The molecule has 0 spiro atoms. The van der Waals surface area contributed by atoms with Gasteiger partial charge in [-0.3, -0.25) is 9.79 Å². The first-order chi connectivity index (χ1) is 14.5. The molecule has 0 unspecified atom stereocenters. The normalized spacial score (nSPS) is 21.7. The van der Waals surface area contributed by atoms with Crippen molar-refractivity contribution in [2.75, 3.05) is 26.3 Å². The molecule has 0 bridgehead atoms. The number of aliphatic imine (C=N–C) groups is 1. The number of β-amino-alcohol motifs (C(OH)–C–C–N with tert-alkyl or cyclic N) is 1. The second-order valence-corrected chi connectivity index (χ2v) is 9.02. The van der Waals surface area contributed by atoms with E-state index in [1.54, 1.807) is 24.3 Å². The van der Waals surface area contributed by atoms with Gasteiger partial charge in [0.15, 0.2) is 0 Å². The smallest absolute Gasteiger partial charge is 0.222 e. The van der Waals surface area contributed by atoms with Crippen LogP contribution in [0.2, 0.25) is 0 Å². The molecule has 1 saturated heterocycles. The van der Waals surface area contributed by atoms with Gasteiger partial charge in [-0.05, 0) is 43.4 Å². The minimum absolute atomic E-state index is 0.237. The van der Waals surface area contributed by atoms with Crippen LogP contribution in [0.5, 0.6) is 0 Å². The van der Waals surface area contributed by atoms with E-state index in [4.69, 9.17) is 0 Å². The highest BCUT2D eigenvalue weighted by atomic mass is 19.1. The highest BCUT2D eigenvalue weighted by Crippen LogP contribution is 2.30. The molecule has 3 aliphatic rings. The van der Waals surface area contributed by atoms with Crippen LogP contribution in [0.4, 0.5) is 4.39 Å². The van der Waals surface area contributed by atoms with Crippen LogP contribution < -0.4 is 0 Å². The summed E-state index contributed by atoms with van der Waals surface area (Å²) in [6.07, 6.45) is 11.7. The first-order valence-electron chi connectivity index (χ1n) is 11.2. The molecule has 0 aromatic heterocycles. The van der Waals surface area contributed by atoms with E-state index in [-0.39, 0.29) is 11.7 Å². The summed E-state index contributed by atoms with van der Waals surface area (Å²) in [4.78, 5) is 20.9. The summed E-state index contributed by atoms with van der Waals surface area (Å²) in [6, 6.07) is 6.62. The minimum Gasteiger partial charge on any atom is -0.388 e. The largest absolute Gasteiger partial charge is 0.388 e. The second kappa shape index (κ2) is 9.29. The number of piperidine rings is 1. The van der Waals surface area contributed by atoms with Crippen molar-refractivity contribution in [3.05, 3.63) is 47.9 Å². The predicted octanol–water partition coefficient (Wildman–Crippen LogP) is 3.73. The molecule has 1 aromatic rings. The highest BCUT2D eigenvalue weighted by Gasteiger charge is 2.35. The summed E-state index contributed by atoms with van der Waals surface area (Å²) in [7, 11) is 0. The summed E-state index contributed by atoms with van der Waals surface area (Å²) in [5.74, 6) is 0.690. The minimum atomic E-state index is -0.822. The van der Waals surface area contributed by atoms with Crippen LogP contribution >= 0.6 is 0 Å². The SMILES string of the molecule is O=C(CCC1CCCC1)N1CCC(O)(CN2C=CC(c3ccccc3F)=NC2)CC1. The Bertz CT molecular complexity index is 808. The van der Waals surface area contributed by atoms with Gasteiger partial charge in [-0.1, -0.05) is 37.8 Å². The number of carbonyl (C=O) groups excluding carboxylic acids is 1. The van der Waals surface area contributed by atoms with Gasteiger partial charge >= 0.3 is 0 Å². The Morgan fingerprint density at radius 2 is 1.93 bits per heavy atom. The molecule has 6 heteroatoms. The Morgan fingerprint density at radius 1 is 1.20 bits per heavy atom. The topological polar surface area (TPSA) is 56.1 Å². The Morgan fingerprint density at radius 3 is 2.60 bits per heavy atom. The molecule has 4 rings (SSSR count). The van der Waals surface area contributed by atoms with Gasteiger partial charge in [-0.25, -0.2) is 4.39 Å². The molecule has 1 saturated carbocycles. The number of hydrogen-bond acceptors (Lipinski definition) is 4. The molecule has 162 valence electrons. The molecule has 1 aromatic carbocycles. The van der Waals surface area contributed by atoms with Gasteiger partial charge in [-0.15, -0.1) is 0 Å². The zero-order chi connectivity index (χ0) is 21.0. The molecule has 2 heterocycles. The molecule has 2 aliphatic heterocycles. The maximum absolute atomic E-state index is 13.9. The van der Waals surface area contributed by atoms with Crippen LogP contribution in [0.25, 0.3) is 0 Å². The van der Waals surface area contributed by atoms with Crippen LogP contribution in [-0.4, -0.2) is 58.4 Å². The number of amides is 1. The molecular weight excluding hydrogens is 381 g/mol. The van der Waals surface area contributed by atoms with Crippen LogP contribution in [0.15, 0.2) is 41.5 Å². The van der Waals surface area contributed by atoms with Crippen LogP contribution in [0.3, 0.4) is 0 Å². The molecule has 30 heavy (non-hydrogen) atoms. The van der Waals surface area contributed by atoms with Crippen molar-refractivity contribution >= 4 is 11.6 Å². The van der Waals surface area contributed by atoms with Crippen molar-refractivity contribution in [2.24, 2.45) is 10.9 Å². The van der Waals surface area contributed by atoms with E-state index < -0.39 is 5.60 Å². The second-order valence-electron chi connectivity index (χ2n) is 9.02. The fourth-order valence-electron chi connectivity index (χ4n) is 4.88. The molecule has 1 aliphatic carbocycles. The van der Waals surface area contributed by atoms with Gasteiger partial charge in [0.1, 0.15) is 12.5 Å². The zero-order valence-corrected chi connectivity index (χ0v) is 17.6. The van der Waals surface area contributed by atoms with Crippen LogP contribution in [-0.2, 0) is 4.79 Å². The van der Waals surface area contributed by atoms with Gasteiger partial charge in [0.05, 0.1) is 11.3 Å². The number of rotatable bonds is 6. The number of carbonyl (C=O) groups is 1. The lowest BCUT2D eigenvalue weighted by Gasteiger charge is -2.41. The van der Waals surface area contributed by atoms with Gasteiger partial charge < -0.3 is 14.9 Å². The van der Waals surface area contributed by atoms with Gasteiger partial charge in [-0.2, -0.15) is 0 Å². The zero-order valence-electron chi connectivity index (χ0n) is 17.6. The van der Waals surface area contributed by atoms with Crippen molar-refractivity contribution in [1.82, 2.24) is 9.80 Å². The summed E-state index contributed by atoms with van der Waals surface area (Å²) in [6.45, 7) is 2.09. The van der Waals surface area contributed by atoms with Gasteiger partial charge in [0, 0.05) is 37.8 Å². The first kappa shape index (κ1) is 21.0. The van der Waals surface area contributed by atoms with Crippen molar-refractivity contribution in [1.29, 1.82) is 0 Å². The fraction of sp³-hybridized carbons (Fsp3) is 0.583. The number of halogens is 1. The number of allylic oxidation sites excluding steroid dienone is 1. The highest BCUT2D eigenvalue weighted by molar-refractivity contribution is 6.09. The third-order valence-corrected chi connectivity index (χ3v) is 6.80. The molecular formula is C24H32FN3O2. The quantitative estimate of drug-likeness (QED) is 0.773. The van der Waals surface area contributed by atoms with E-state index in [0.29, 0.717) is 56.8 Å². The third-order valence-electron chi connectivity index (χ3n) is 6.80. The average molecular weight is 414 g/mol. The number of nitrogens with zero attached hydrogens (tertiary/aromatic N) is 3. The molecule has 5 nitrogen and oxygen atoms in total. The van der Waals surface area contributed by atoms with E-state index >= 15 is 0 Å². The third kappa shape index (κ3) is 5.09. The maximum atomic E-state index is 13.9. The van der Waals surface area contributed by atoms with Crippen molar-refractivity contribution in [2.45, 2.75) is 57.0 Å².